The summed E-state index contributed by atoms with van der Waals surface area (Å²) in [7, 11) is 0. The number of nitrogens with one attached hydrogen (secondary N) is 2. The topological polar surface area (TPSA) is 71.3 Å². The predicted octanol–water partition coefficient (Wildman–Crippen LogP) is 5.93. The van der Waals surface area contributed by atoms with Gasteiger partial charge in [0.05, 0.1) is 39.9 Å². The number of carbonyl (C=O) groups is 1. The van der Waals surface area contributed by atoms with E-state index in [4.69, 9.17) is 0 Å². The molecule has 0 aromatic carbocycles. The maximum atomic E-state index is 13.1. The number of amides is 1. The molecule has 6 nitrogen and oxygen atoms in total. The summed E-state index contributed by atoms with van der Waals surface area (Å²) in [4.78, 5) is 17.6. The van der Waals surface area contributed by atoms with Gasteiger partial charge in [-0.3, -0.25) is 9.78 Å². The number of anilines is 1. The number of halogens is 3. The van der Waals surface area contributed by atoms with Crippen molar-refractivity contribution in [2.75, 3.05) is 5.32 Å². The molecule has 0 radical (unpaired) electrons. The molecule has 0 unspecified atom stereocenters. The Hall–Kier alpha value is -3.10. The SMILES string of the molecule is CC[C@H]1CC[C@H](NC(=O)c2cnc(-c3ccc4cc(C(F)(F)F)cnn34)cc2NC(C)C)CC1. The highest BCUT2D eigenvalue weighted by atomic mass is 19.4. The van der Waals surface area contributed by atoms with Crippen LogP contribution < -0.4 is 10.6 Å². The summed E-state index contributed by atoms with van der Waals surface area (Å²) in [6, 6.07) is 6.28. The minimum absolute atomic E-state index is 0.0679. The summed E-state index contributed by atoms with van der Waals surface area (Å²) >= 11 is 0. The first kappa shape index (κ1) is 24.0. The molecule has 1 aliphatic rings. The Morgan fingerprint density at radius 1 is 1.15 bits per heavy atom. The molecule has 1 saturated carbocycles. The number of nitrogens with zero attached hydrogens (tertiary/aromatic N) is 3. The van der Waals surface area contributed by atoms with E-state index >= 15 is 0 Å². The quantitative estimate of drug-likeness (QED) is 0.465. The van der Waals surface area contributed by atoms with Gasteiger partial charge in [-0.1, -0.05) is 13.3 Å². The molecule has 3 aromatic rings. The first-order valence-corrected chi connectivity index (χ1v) is 11.8. The van der Waals surface area contributed by atoms with Gasteiger partial charge < -0.3 is 10.6 Å². The number of pyridine rings is 1. The van der Waals surface area contributed by atoms with Crippen molar-refractivity contribution >= 4 is 17.1 Å². The van der Waals surface area contributed by atoms with Gasteiger partial charge in [0, 0.05) is 18.3 Å². The molecule has 0 aliphatic heterocycles. The number of carbonyl (C=O) groups excluding carboxylic acids is 1. The van der Waals surface area contributed by atoms with Crippen LogP contribution in [0.1, 0.15) is 68.8 Å². The molecule has 0 atom stereocenters. The monoisotopic (exact) mass is 473 g/mol. The van der Waals surface area contributed by atoms with Crippen molar-refractivity contribution in [3.8, 4) is 11.4 Å². The van der Waals surface area contributed by atoms with Gasteiger partial charge in [-0.05, 0) is 69.7 Å². The number of rotatable bonds is 6. The largest absolute Gasteiger partial charge is 0.418 e. The van der Waals surface area contributed by atoms with Crippen LogP contribution in [0.3, 0.4) is 0 Å². The normalized spacial score (nSPS) is 18.9. The van der Waals surface area contributed by atoms with E-state index in [-0.39, 0.29) is 18.0 Å². The van der Waals surface area contributed by atoms with Crippen molar-refractivity contribution in [2.24, 2.45) is 5.92 Å². The smallest absolute Gasteiger partial charge is 0.382 e. The van der Waals surface area contributed by atoms with Crippen molar-refractivity contribution in [3.05, 3.63) is 47.8 Å². The van der Waals surface area contributed by atoms with E-state index < -0.39 is 11.7 Å². The highest BCUT2D eigenvalue weighted by Gasteiger charge is 2.31. The van der Waals surface area contributed by atoms with Gasteiger partial charge in [0.15, 0.2) is 0 Å². The van der Waals surface area contributed by atoms with Gasteiger partial charge >= 0.3 is 6.18 Å². The molecular weight excluding hydrogens is 443 g/mol. The number of fused-ring (bicyclic) bond motifs is 1. The molecule has 9 heteroatoms. The van der Waals surface area contributed by atoms with E-state index in [0.29, 0.717) is 28.2 Å². The Bertz CT molecular complexity index is 1160. The summed E-state index contributed by atoms with van der Waals surface area (Å²) in [5.41, 5.74) is 1.63. The highest BCUT2D eigenvalue weighted by molar-refractivity contribution is 6.00. The molecule has 0 bridgehead atoms. The fraction of sp³-hybridized carbons (Fsp3) is 0.480. The molecule has 1 aliphatic carbocycles. The summed E-state index contributed by atoms with van der Waals surface area (Å²) in [6.07, 6.45) is 3.25. The van der Waals surface area contributed by atoms with Gasteiger partial charge in [-0.25, -0.2) is 4.52 Å². The minimum atomic E-state index is -4.46. The van der Waals surface area contributed by atoms with E-state index in [1.165, 1.54) is 17.1 Å². The number of alkyl halides is 3. The predicted molar refractivity (Wildman–Crippen MR) is 126 cm³/mol. The third-order valence-corrected chi connectivity index (χ3v) is 6.44. The summed E-state index contributed by atoms with van der Waals surface area (Å²) < 4.78 is 40.5. The van der Waals surface area contributed by atoms with Gasteiger partial charge in [0.2, 0.25) is 0 Å². The average molecular weight is 474 g/mol. The lowest BCUT2D eigenvalue weighted by Crippen LogP contribution is -2.38. The molecular formula is C25H30F3N5O. The Kier molecular flexibility index (Phi) is 6.81. The molecule has 3 heterocycles. The van der Waals surface area contributed by atoms with Gasteiger partial charge in [0.25, 0.3) is 5.91 Å². The zero-order valence-corrected chi connectivity index (χ0v) is 19.6. The maximum absolute atomic E-state index is 13.1. The van der Waals surface area contributed by atoms with Gasteiger partial charge in [-0.15, -0.1) is 0 Å². The minimum Gasteiger partial charge on any atom is -0.382 e. The average Bonchev–Trinajstić information content (AvgIpc) is 3.22. The van der Waals surface area contributed by atoms with Crippen LogP contribution in [0.4, 0.5) is 18.9 Å². The fourth-order valence-corrected chi connectivity index (χ4v) is 4.53. The molecule has 1 fully saturated rings. The van der Waals surface area contributed by atoms with Crippen LogP contribution in [-0.4, -0.2) is 32.6 Å². The van der Waals surface area contributed by atoms with Crippen LogP contribution >= 0.6 is 0 Å². The van der Waals surface area contributed by atoms with Crippen molar-refractivity contribution in [1.29, 1.82) is 0 Å². The second kappa shape index (κ2) is 9.64. The zero-order chi connectivity index (χ0) is 24.5. The summed E-state index contributed by atoms with van der Waals surface area (Å²) in [5, 5.41) is 10.4. The molecule has 4 rings (SSSR count). The molecule has 1 amide bonds. The lowest BCUT2D eigenvalue weighted by Gasteiger charge is -2.28. The van der Waals surface area contributed by atoms with E-state index in [2.05, 4.69) is 27.6 Å². The van der Waals surface area contributed by atoms with E-state index in [9.17, 15) is 18.0 Å². The molecule has 2 N–H and O–H groups in total. The second-order valence-electron chi connectivity index (χ2n) is 9.31. The van der Waals surface area contributed by atoms with Crippen LogP contribution in [0.15, 0.2) is 36.7 Å². The number of hydrogen-bond donors (Lipinski definition) is 2. The zero-order valence-electron chi connectivity index (χ0n) is 19.6. The van der Waals surface area contributed by atoms with E-state index in [1.54, 1.807) is 18.2 Å². The molecule has 3 aromatic heterocycles. The Morgan fingerprint density at radius 2 is 1.88 bits per heavy atom. The molecule has 0 saturated heterocycles. The first-order valence-electron chi connectivity index (χ1n) is 11.8. The molecule has 182 valence electrons. The molecule has 34 heavy (non-hydrogen) atoms. The third kappa shape index (κ3) is 5.18. The Balaban J connectivity index is 1.61. The van der Waals surface area contributed by atoms with Crippen LogP contribution in [0.2, 0.25) is 0 Å². The Morgan fingerprint density at radius 3 is 2.53 bits per heavy atom. The Labute approximate surface area is 197 Å². The van der Waals surface area contributed by atoms with Crippen molar-refractivity contribution < 1.29 is 18.0 Å². The number of hydrogen-bond acceptors (Lipinski definition) is 4. The van der Waals surface area contributed by atoms with E-state index in [1.807, 2.05) is 13.8 Å². The van der Waals surface area contributed by atoms with Crippen LogP contribution in [0, 0.1) is 5.92 Å². The van der Waals surface area contributed by atoms with Crippen LogP contribution in [0.25, 0.3) is 16.9 Å². The lowest BCUT2D eigenvalue weighted by molar-refractivity contribution is -0.137. The van der Waals surface area contributed by atoms with Crippen molar-refractivity contribution in [1.82, 2.24) is 19.9 Å². The highest BCUT2D eigenvalue weighted by Crippen LogP contribution is 2.32. The van der Waals surface area contributed by atoms with Gasteiger partial charge in [0.1, 0.15) is 0 Å². The van der Waals surface area contributed by atoms with Crippen molar-refractivity contribution in [3.63, 3.8) is 0 Å². The van der Waals surface area contributed by atoms with E-state index in [0.717, 1.165) is 43.9 Å². The summed E-state index contributed by atoms with van der Waals surface area (Å²) in [5.74, 6) is 0.570. The van der Waals surface area contributed by atoms with Crippen molar-refractivity contribution in [2.45, 2.75) is 71.1 Å². The van der Waals surface area contributed by atoms with Crippen LogP contribution in [0.5, 0.6) is 0 Å². The first-order chi connectivity index (χ1) is 16.2. The third-order valence-electron chi connectivity index (χ3n) is 6.44. The second-order valence-corrected chi connectivity index (χ2v) is 9.31. The lowest BCUT2D eigenvalue weighted by atomic mass is 9.84. The van der Waals surface area contributed by atoms with Crippen LogP contribution in [-0.2, 0) is 6.18 Å². The number of aromatic nitrogens is 3. The fourth-order valence-electron chi connectivity index (χ4n) is 4.53. The molecule has 0 spiro atoms. The summed E-state index contributed by atoms with van der Waals surface area (Å²) in [6.45, 7) is 6.15. The maximum Gasteiger partial charge on any atom is 0.418 e. The standard InChI is InChI=1S/C25H30F3N5O/c1-4-16-5-7-18(8-6-16)32-24(34)20-14-29-22(12-21(20)31-15(2)3)23-10-9-19-11-17(25(26,27)28)13-30-33(19)23/h9-16,18H,4-8H2,1-3H3,(H,29,31)(H,32,34)/t16-,18-. The van der Waals surface area contributed by atoms with Gasteiger partial charge in [-0.2, -0.15) is 18.3 Å².